The zero-order valence-electron chi connectivity index (χ0n) is 31.9. The first kappa shape index (κ1) is 49.0. The average Bonchev–Trinajstić information content (AvgIpc) is 2.99. The van der Waals surface area contributed by atoms with Gasteiger partial charge in [0.25, 0.3) is 15.6 Å². The lowest BCUT2D eigenvalue weighted by molar-refractivity contribution is -0.890. The number of hydrogen-bond acceptors (Lipinski definition) is 11. The molecule has 0 saturated carbocycles. The molecular formula is C34H75N3O10P2. The normalized spacial score (nSPS) is 15.1. The van der Waals surface area contributed by atoms with Crippen LogP contribution in [0.25, 0.3) is 0 Å². The van der Waals surface area contributed by atoms with Gasteiger partial charge in [0.1, 0.15) is 39.4 Å². The van der Waals surface area contributed by atoms with Gasteiger partial charge in [-0.1, -0.05) is 103 Å². The van der Waals surface area contributed by atoms with Crippen molar-refractivity contribution in [1.29, 1.82) is 0 Å². The number of hydrogen-bond donors (Lipinski definition) is 2. The smallest absolute Gasteiger partial charge is 0.268 e. The molecule has 2 N–H and O–H groups in total. The van der Waals surface area contributed by atoms with Crippen LogP contribution in [-0.4, -0.2) is 138 Å². The summed E-state index contributed by atoms with van der Waals surface area (Å²) in [4.78, 5) is 26.5. The summed E-state index contributed by atoms with van der Waals surface area (Å²) in [6.45, 7) is 4.81. The fourth-order valence-electron chi connectivity index (χ4n) is 5.42. The summed E-state index contributed by atoms with van der Waals surface area (Å²) >= 11 is 0. The van der Waals surface area contributed by atoms with Gasteiger partial charge in [-0.3, -0.25) is 14.0 Å². The predicted octanol–water partition coefficient (Wildman–Crippen LogP) is 4.69. The van der Waals surface area contributed by atoms with E-state index in [2.05, 4.69) is 6.92 Å². The molecule has 296 valence electrons. The van der Waals surface area contributed by atoms with Crippen LogP contribution < -0.4 is 9.79 Å². The maximum atomic E-state index is 12.3. The van der Waals surface area contributed by atoms with Gasteiger partial charge in [-0.05, 0) is 13.0 Å². The van der Waals surface area contributed by atoms with E-state index in [0.717, 1.165) is 19.3 Å². The first-order valence-electron chi connectivity index (χ1n) is 19.0. The Balaban J connectivity index is 4.52. The predicted molar refractivity (Wildman–Crippen MR) is 193 cm³/mol. The van der Waals surface area contributed by atoms with Crippen molar-refractivity contribution < 1.29 is 56.2 Å². The molecular weight excluding hydrogens is 672 g/mol. The molecule has 0 heterocycles. The van der Waals surface area contributed by atoms with E-state index >= 15 is 0 Å². The summed E-state index contributed by atoms with van der Waals surface area (Å²) < 4.78 is 45.7. The van der Waals surface area contributed by atoms with E-state index in [0.29, 0.717) is 41.7 Å². The van der Waals surface area contributed by atoms with Crippen molar-refractivity contribution in [2.45, 2.75) is 110 Å². The third kappa shape index (κ3) is 32.4. The zero-order valence-corrected chi connectivity index (χ0v) is 33.7. The molecule has 0 saturated heterocycles. The minimum atomic E-state index is -4.51. The number of aliphatic hydroxyl groups is 2. The Bertz CT molecular complexity index is 820. The molecule has 0 rings (SSSR count). The molecule has 0 aromatic carbocycles. The number of aliphatic hydroxyl groups excluding tert-OH is 2. The molecule has 0 aliphatic rings. The lowest BCUT2D eigenvalue weighted by Crippen LogP contribution is -2.44. The second-order valence-corrected chi connectivity index (χ2v) is 17.4. The van der Waals surface area contributed by atoms with Crippen LogP contribution in [0.2, 0.25) is 0 Å². The molecule has 2 unspecified atom stereocenters. The van der Waals surface area contributed by atoms with Crippen molar-refractivity contribution in [2.75, 3.05) is 114 Å². The Morgan fingerprint density at radius 3 is 1.12 bits per heavy atom. The van der Waals surface area contributed by atoms with Crippen LogP contribution in [0.5, 0.6) is 0 Å². The Morgan fingerprint density at radius 1 is 0.490 bits per heavy atom. The van der Waals surface area contributed by atoms with E-state index in [1.807, 2.05) is 33.1 Å². The van der Waals surface area contributed by atoms with E-state index in [4.69, 9.17) is 28.3 Å². The van der Waals surface area contributed by atoms with Gasteiger partial charge in [0.15, 0.2) is 0 Å². The summed E-state index contributed by atoms with van der Waals surface area (Å²) in [6, 6.07) is 0. The fourth-order valence-corrected chi connectivity index (χ4v) is 6.79. The van der Waals surface area contributed by atoms with Crippen LogP contribution in [0.4, 0.5) is 0 Å². The molecule has 15 heteroatoms. The van der Waals surface area contributed by atoms with Crippen LogP contribution in [0.3, 0.4) is 0 Å². The van der Waals surface area contributed by atoms with Gasteiger partial charge in [-0.25, -0.2) is 0 Å². The van der Waals surface area contributed by atoms with Crippen LogP contribution in [-0.2, 0) is 27.2 Å². The third-order valence-corrected chi connectivity index (χ3v) is 10.9. The summed E-state index contributed by atoms with van der Waals surface area (Å²) in [6.07, 6.45) is 20.3. The number of quaternary nitrogens is 2. The summed E-state index contributed by atoms with van der Waals surface area (Å²) in [5.41, 5.74) is 0. The van der Waals surface area contributed by atoms with E-state index in [-0.39, 0.29) is 52.7 Å². The van der Waals surface area contributed by atoms with Crippen molar-refractivity contribution in [1.82, 2.24) is 4.90 Å². The molecule has 0 spiro atoms. The van der Waals surface area contributed by atoms with Crippen LogP contribution in [0.1, 0.15) is 110 Å². The van der Waals surface area contributed by atoms with Crippen molar-refractivity contribution in [3.8, 4) is 0 Å². The number of phosphoric ester groups is 2. The molecule has 0 aliphatic carbocycles. The summed E-state index contributed by atoms with van der Waals surface area (Å²) in [7, 11) is -1.54. The highest BCUT2D eigenvalue weighted by molar-refractivity contribution is 7.46. The lowest BCUT2D eigenvalue weighted by Gasteiger charge is -2.31. The number of likely N-dealkylation sites (N-methyl/N-ethyl adjacent to an activating group) is 2. The Hall–Kier alpha value is 0.0200. The molecule has 0 fully saturated rings. The molecule has 0 bridgehead atoms. The van der Waals surface area contributed by atoms with Crippen LogP contribution in [0, 0.1) is 0 Å². The van der Waals surface area contributed by atoms with Gasteiger partial charge in [0.2, 0.25) is 0 Å². The topological polar surface area (TPSA) is 161 Å². The Labute approximate surface area is 299 Å². The van der Waals surface area contributed by atoms with Gasteiger partial charge in [-0.15, -0.1) is 0 Å². The van der Waals surface area contributed by atoms with E-state index in [1.165, 1.54) is 83.5 Å². The maximum absolute atomic E-state index is 12.3. The van der Waals surface area contributed by atoms with Crippen molar-refractivity contribution in [3.63, 3.8) is 0 Å². The summed E-state index contributed by atoms with van der Waals surface area (Å²) in [5.74, 6) is 0. The second-order valence-electron chi connectivity index (χ2n) is 14.6. The van der Waals surface area contributed by atoms with Crippen molar-refractivity contribution >= 4 is 15.6 Å². The molecule has 13 nitrogen and oxygen atoms in total. The zero-order chi connectivity index (χ0) is 36.9. The van der Waals surface area contributed by atoms with Crippen LogP contribution in [0.15, 0.2) is 0 Å². The number of nitrogens with zero attached hydrogens (tertiary/aromatic N) is 3. The SMILES string of the molecule is CCCCCCCCCCCCCCCCCCN(CCOP(=O)([O-])OCC[N+](C)(C)CCO)CCOP(=O)([O-])OCC[N+](C)(C)CCO. The van der Waals surface area contributed by atoms with Crippen molar-refractivity contribution in [3.05, 3.63) is 0 Å². The summed E-state index contributed by atoms with van der Waals surface area (Å²) in [5, 5.41) is 18.3. The number of phosphoric acid groups is 2. The average molecular weight is 748 g/mol. The quantitative estimate of drug-likeness (QED) is 0.0516. The van der Waals surface area contributed by atoms with Crippen molar-refractivity contribution in [2.24, 2.45) is 0 Å². The van der Waals surface area contributed by atoms with Gasteiger partial charge in [0, 0.05) is 13.1 Å². The molecule has 2 atom stereocenters. The highest BCUT2D eigenvalue weighted by Crippen LogP contribution is 2.39. The monoisotopic (exact) mass is 747 g/mol. The molecule has 0 aliphatic heterocycles. The highest BCUT2D eigenvalue weighted by atomic mass is 31.2. The number of unbranched alkanes of at least 4 members (excludes halogenated alkanes) is 15. The number of rotatable bonds is 37. The molecule has 0 radical (unpaired) electrons. The standard InChI is InChI=1S/C34H75N3O10P2/c1-6-7-8-9-10-11-12-13-14-15-16-17-18-19-20-21-22-35(23-31-44-48(40,41)46-33-27-36(2,3)25-29-38)24-32-45-49(42,43)47-34-28-37(4,5)26-30-39/h38-39H,6-34H2,1-5H3. The molecule has 49 heavy (non-hydrogen) atoms. The first-order valence-corrected chi connectivity index (χ1v) is 21.9. The molecule has 0 amide bonds. The molecule has 0 aromatic rings. The van der Waals surface area contributed by atoms with Gasteiger partial charge >= 0.3 is 0 Å². The lowest BCUT2D eigenvalue weighted by atomic mass is 10.0. The Kier molecular flexibility index (Phi) is 29.5. The maximum Gasteiger partial charge on any atom is 0.268 e. The second kappa shape index (κ2) is 29.5. The van der Waals surface area contributed by atoms with Gasteiger partial charge < -0.3 is 47.1 Å². The van der Waals surface area contributed by atoms with Gasteiger partial charge in [0.05, 0.1) is 54.6 Å². The highest BCUT2D eigenvalue weighted by Gasteiger charge is 2.19. The fraction of sp³-hybridized carbons (Fsp3) is 1.00. The van der Waals surface area contributed by atoms with Gasteiger partial charge in [-0.2, -0.15) is 0 Å². The van der Waals surface area contributed by atoms with E-state index < -0.39 is 15.6 Å². The third-order valence-electron chi connectivity index (χ3n) is 8.94. The minimum absolute atomic E-state index is 0.00643. The molecule has 0 aromatic heterocycles. The van der Waals surface area contributed by atoms with Crippen LogP contribution >= 0.6 is 15.6 Å². The first-order chi connectivity index (χ1) is 23.2. The largest absolute Gasteiger partial charge is 0.756 e. The minimum Gasteiger partial charge on any atom is -0.756 e. The Morgan fingerprint density at radius 2 is 0.796 bits per heavy atom. The van der Waals surface area contributed by atoms with E-state index in [1.54, 1.807) is 0 Å². The van der Waals surface area contributed by atoms with E-state index in [9.17, 15) is 18.9 Å².